The Balaban J connectivity index is 2.25. The van der Waals surface area contributed by atoms with Gasteiger partial charge in [-0.05, 0) is 37.5 Å². The van der Waals surface area contributed by atoms with Gasteiger partial charge in [-0.3, -0.25) is 4.79 Å². The van der Waals surface area contributed by atoms with E-state index in [0.29, 0.717) is 36.9 Å². The molecule has 5 heteroatoms. The van der Waals surface area contributed by atoms with Crippen LogP contribution in [0.2, 0.25) is 0 Å². The molecule has 0 bridgehead atoms. The number of fused-ring (bicyclic) bond motifs is 1. The Bertz CT molecular complexity index is 922. The Morgan fingerprint density at radius 1 is 0.667 bits per heavy atom. The molecule has 0 unspecified atom stereocenters. The molecule has 0 spiro atoms. The third-order valence-electron chi connectivity index (χ3n) is 6.93. The second kappa shape index (κ2) is 18.1. The zero-order valence-corrected chi connectivity index (χ0v) is 23.4. The highest BCUT2D eigenvalue weighted by Gasteiger charge is 2.20. The molecule has 5 nitrogen and oxygen atoms in total. The van der Waals surface area contributed by atoms with Gasteiger partial charge in [0, 0.05) is 17.6 Å². The van der Waals surface area contributed by atoms with Crippen LogP contribution in [0.25, 0.3) is 10.9 Å². The molecule has 36 heavy (non-hydrogen) atoms. The minimum Gasteiger partial charge on any atom is -0.489 e. The van der Waals surface area contributed by atoms with Gasteiger partial charge in [-0.2, -0.15) is 0 Å². The van der Waals surface area contributed by atoms with Crippen molar-refractivity contribution in [1.82, 2.24) is 4.57 Å². The molecule has 2 aromatic rings. The molecule has 0 saturated heterocycles. The van der Waals surface area contributed by atoms with Gasteiger partial charge in [-0.25, -0.2) is 0 Å². The van der Waals surface area contributed by atoms with Crippen LogP contribution in [0.3, 0.4) is 0 Å². The summed E-state index contributed by atoms with van der Waals surface area (Å²) in [7, 11) is 0. The van der Waals surface area contributed by atoms with Crippen molar-refractivity contribution < 1.29 is 9.47 Å². The summed E-state index contributed by atoms with van der Waals surface area (Å²) in [5.41, 5.74) is 7.58. The van der Waals surface area contributed by atoms with Crippen LogP contribution in [0.15, 0.2) is 23.0 Å². The average molecular weight is 501 g/mol. The average Bonchev–Trinajstić information content (AvgIpc) is 2.87. The van der Waals surface area contributed by atoms with Gasteiger partial charge in [0.15, 0.2) is 5.75 Å². The fraction of sp³-hybridized carbons (Fsp3) is 0.710. The lowest BCUT2D eigenvalue weighted by molar-refractivity contribution is 0.256. The van der Waals surface area contributed by atoms with Gasteiger partial charge < -0.3 is 19.8 Å². The maximum atomic E-state index is 13.7. The number of rotatable bonds is 21. The number of anilines is 1. The van der Waals surface area contributed by atoms with E-state index < -0.39 is 0 Å². The van der Waals surface area contributed by atoms with E-state index in [1.165, 1.54) is 64.2 Å². The van der Waals surface area contributed by atoms with Crippen molar-refractivity contribution in [3.8, 4) is 11.5 Å². The zero-order valence-electron chi connectivity index (χ0n) is 23.4. The Kier molecular flexibility index (Phi) is 15.1. The van der Waals surface area contributed by atoms with Crippen molar-refractivity contribution >= 4 is 16.6 Å². The summed E-state index contributed by atoms with van der Waals surface area (Å²) in [6, 6.07) is 5.79. The number of nitrogens with two attached hydrogens (primary N) is 1. The molecule has 1 heterocycles. The maximum absolute atomic E-state index is 13.7. The van der Waals surface area contributed by atoms with Crippen LogP contribution in [0, 0.1) is 0 Å². The summed E-state index contributed by atoms with van der Waals surface area (Å²) in [6.45, 7) is 8.48. The summed E-state index contributed by atoms with van der Waals surface area (Å²) in [5.74, 6) is 0.971. The van der Waals surface area contributed by atoms with E-state index in [2.05, 4.69) is 20.8 Å². The van der Waals surface area contributed by atoms with Crippen LogP contribution < -0.4 is 20.8 Å². The van der Waals surface area contributed by atoms with Gasteiger partial charge in [-0.15, -0.1) is 0 Å². The van der Waals surface area contributed by atoms with Gasteiger partial charge in [-0.1, -0.05) is 104 Å². The van der Waals surface area contributed by atoms with E-state index in [4.69, 9.17) is 15.2 Å². The van der Waals surface area contributed by atoms with Crippen molar-refractivity contribution in [1.29, 1.82) is 0 Å². The third kappa shape index (κ3) is 10.1. The van der Waals surface area contributed by atoms with Crippen LogP contribution >= 0.6 is 0 Å². The first-order valence-electron chi connectivity index (χ1n) is 14.9. The molecule has 1 aromatic carbocycles. The number of aryl methyl sites for hydroxylation is 1. The van der Waals surface area contributed by atoms with Crippen molar-refractivity contribution in [2.45, 2.75) is 130 Å². The summed E-state index contributed by atoms with van der Waals surface area (Å²) in [6.07, 6.45) is 18.7. The van der Waals surface area contributed by atoms with Gasteiger partial charge in [0.2, 0.25) is 5.75 Å². The van der Waals surface area contributed by atoms with E-state index in [0.717, 1.165) is 49.4 Å². The maximum Gasteiger partial charge on any atom is 0.297 e. The predicted octanol–water partition coefficient (Wildman–Crippen LogP) is 8.64. The van der Waals surface area contributed by atoms with E-state index in [1.807, 2.05) is 22.8 Å². The summed E-state index contributed by atoms with van der Waals surface area (Å²) < 4.78 is 14.3. The number of benzene rings is 1. The molecule has 0 atom stereocenters. The van der Waals surface area contributed by atoms with Crippen molar-refractivity contribution in [2.75, 3.05) is 18.9 Å². The first kappa shape index (κ1) is 30.1. The number of unbranched alkanes of at least 4 members (excludes halogenated alkanes) is 13. The molecule has 2 rings (SSSR count). The Hall–Kier alpha value is -2.17. The first-order valence-corrected chi connectivity index (χ1v) is 14.9. The number of aromatic nitrogens is 1. The van der Waals surface area contributed by atoms with Gasteiger partial charge in [0.1, 0.15) is 0 Å². The highest BCUT2D eigenvalue weighted by molar-refractivity contribution is 5.90. The monoisotopic (exact) mass is 500 g/mol. The van der Waals surface area contributed by atoms with Gasteiger partial charge >= 0.3 is 0 Å². The lowest BCUT2D eigenvalue weighted by Gasteiger charge is -2.19. The fourth-order valence-electron chi connectivity index (χ4n) is 4.72. The van der Waals surface area contributed by atoms with Crippen molar-refractivity contribution in [3.05, 3.63) is 28.6 Å². The number of pyridine rings is 1. The Morgan fingerprint density at radius 3 is 1.78 bits per heavy atom. The lowest BCUT2D eigenvalue weighted by Crippen LogP contribution is -2.24. The molecule has 0 amide bonds. The third-order valence-corrected chi connectivity index (χ3v) is 6.93. The molecule has 0 aliphatic heterocycles. The topological polar surface area (TPSA) is 66.5 Å². The summed E-state index contributed by atoms with van der Waals surface area (Å²) in [4.78, 5) is 13.7. The predicted molar refractivity (Wildman–Crippen MR) is 155 cm³/mol. The number of hydrogen-bond acceptors (Lipinski definition) is 4. The molecule has 0 aliphatic rings. The van der Waals surface area contributed by atoms with Crippen LogP contribution in [0.5, 0.6) is 11.5 Å². The van der Waals surface area contributed by atoms with Crippen LogP contribution in [0.1, 0.15) is 124 Å². The number of nitrogen functional groups attached to an aromatic ring is 1. The van der Waals surface area contributed by atoms with E-state index >= 15 is 0 Å². The SMILES string of the molecule is CCCCCCCCOc1c(OCCCCCC)c2ccc(N)cc2n(CCCCCCCC)c1=O. The van der Waals surface area contributed by atoms with Crippen molar-refractivity contribution in [3.63, 3.8) is 0 Å². The molecular formula is C31H52N2O3. The molecule has 0 radical (unpaired) electrons. The van der Waals surface area contributed by atoms with E-state index in [-0.39, 0.29) is 5.56 Å². The number of ether oxygens (including phenoxy) is 2. The molecule has 1 aromatic heterocycles. The largest absolute Gasteiger partial charge is 0.489 e. The van der Waals surface area contributed by atoms with Crippen LogP contribution in [-0.4, -0.2) is 17.8 Å². The number of hydrogen-bond donors (Lipinski definition) is 1. The zero-order chi connectivity index (χ0) is 26.0. The first-order chi connectivity index (χ1) is 17.6. The van der Waals surface area contributed by atoms with Crippen LogP contribution in [-0.2, 0) is 6.54 Å². The van der Waals surface area contributed by atoms with Gasteiger partial charge in [0.25, 0.3) is 5.56 Å². The molecule has 2 N–H and O–H groups in total. The quantitative estimate of drug-likeness (QED) is 0.138. The Labute approximate surface area is 219 Å². The van der Waals surface area contributed by atoms with Crippen LogP contribution in [0.4, 0.5) is 5.69 Å². The highest BCUT2D eigenvalue weighted by Crippen LogP contribution is 2.34. The highest BCUT2D eigenvalue weighted by atomic mass is 16.5. The van der Waals surface area contributed by atoms with E-state index in [1.54, 1.807) is 0 Å². The second-order valence-corrected chi connectivity index (χ2v) is 10.2. The molecule has 204 valence electrons. The minimum absolute atomic E-state index is 0.0869. The fourth-order valence-corrected chi connectivity index (χ4v) is 4.72. The summed E-state index contributed by atoms with van der Waals surface area (Å²) >= 11 is 0. The van der Waals surface area contributed by atoms with Gasteiger partial charge in [0.05, 0.1) is 18.7 Å². The normalized spacial score (nSPS) is 11.3. The smallest absolute Gasteiger partial charge is 0.297 e. The molecular weight excluding hydrogens is 448 g/mol. The number of nitrogens with zero attached hydrogens (tertiary/aromatic N) is 1. The standard InChI is InChI=1S/C31H52N2O3/c1-4-7-10-13-15-17-22-33-28-25-26(32)20-21-27(28)29(35-23-18-12-9-6-3)30(31(33)34)36-24-19-16-14-11-8-5-2/h20-21,25H,4-19,22-24,32H2,1-3H3. The minimum atomic E-state index is -0.0869. The molecule has 0 saturated carbocycles. The molecule has 0 fully saturated rings. The second-order valence-electron chi connectivity index (χ2n) is 10.2. The summed E-state index contributed by atoms with van der Waals surface area (Å²) in [5, 5.41) is 0.920. The molecule has 0 aliphatic carbocycles. The lowest BCUT2D eigenvalue weighted by atomic mass is 10.1. The Morgan fingerprint density at radius 2 is 1.17 bits per heavy atom. The van der Waals surface area contributed by atoms with E-state index in [9.17, 15) is 4.79 Å². The van der Waals surface area contributed by atoms with Crippen molar-refractivity contribution in [2.24, 2.45) is 0 Å².